The molecule has 0 aliphatic heterocycles. The Labute approximate surface area is 141 Å². The molecular weight excluding hydrogens is 310 g/mol. The van der Waals surface area contributed by atoms with Crippen molar-refractivity contribution in [3.63, 3.8) is 0 Å². The fraction of sp³-hybridized carbons (Fsp3) is 0.444. The summed E-state index contributed by atoms with van der Waals surface area (Å²) in [4.78, 5) is 25.5. The number of carboxylic acid groups (broad SMARTS) is 1. The summed E-state index contributed by atoms with van der Waals surface area (Å²) >= 11 is 1.77. The molecule has 0 unspecified atom stereocenters. The smallest absolute Gasteiger partial charge is 0.407 e. The second-order valence-electron chi connectivity index (χ2n) is 5.74. The molecule has 1 aliphatic rings. The number of thiophene rings is 1. The van der Waals surface area contributed by atoms with E-state index in [0.717, 1.165) is 31.3 Å². The van der Waals surface area contributed by atoms with Crippen LogP contribution in [0.5, 0.6) is 0 Å². The van der Waals surface area contributed by atoms with Crippen LogP contribution >= 0.6 is 11.3 Å². The van der Waals surface area contributed by atoms with Gasteiger partial charge in [0.25, 0.3) is 0 Å². The Morgan fingerprint density at radius 2 is 2.09 bits per heavy atom. The molecule has 1 aliphatic carbocycles. The average Bonchev–Trinajstić information content (AvgIpc) is 3.03. The van der Waals surface area contributed by atoms with Crippen molar-refractivity contribution in [2.24, 2.45) is 0 Å². The first-order valence-corrected chi connectivity index (χ1v) is 8.92. The van der Waals surface area contributed by atoms with Gasteiger partial charge in [-0.3, -0.25) is 4.79 Å². The standard InChI is InChI=1S/C18H23NO3S/c20-16-7-4-6-15(14-16)10-12-19(18(21)22)11-3-1-2-8-17-9-5-13-23-17/h4-7,9,13H,1-3,8,10-12,14H2,(H,21,22). The van der Waals surface area contributed by atoms with Crippen molar-refractivity contribution in [1.29, 1.82) is 0 Å². The number of carbonyl (C=O) groups is 2. The second-order valence-corrected chi connectivity index (χ2v) is 6.77. The van der Waals surface area contributed by atoms with Gasteiger partial charge in [0.05, 0.1) is 0 Å². The van der Waals surface area contributed by atoms with Gasteiger partial charge < -0.3 is 10.0 Å². The molecule has 0 saturated heterocycles. The Hall–Kier alpha value is -1.88. The fourth-order valence-corrected chi connectivity index (χ4v) is 3.37. The van der Waals surface area contributed by atoms with Crippen LogP contribution in [0.4, 0.5) is 4.79 Å². The maximum Gasteiger partial charge on any atom is 0.407 e. The van der Waals surface area contributed by atoms with Gasteiger partial charge in [-0.25, -0.2) is 4.79 Å². The Kier molecular flexibility index (Phi) is 7.07. The molecule has 2 rings (SSSR count). The van der Waals surface area contributed by atoms with Gasteiger partial charge in [-0.15, -0.1) is 11.3 Å². The zero-order valence-corrected chi connectivity index (χ0v) is 14.1. The molecule has 0 saturated carbocycles. The van der Waals surface area contributed by atoms with Crippen molar-refractivity contribution in [3.8, 4) is 0 Å². The van der Waals surface area contributed by atoms with Crippen LogP contribution in [0.15, 0.2) is 41.3 Å². The Balaban J connectivity index is 1.65. The monoisotopic (exact) mass is 333 g/mol. The molecule has 1 amide bonds. The van der Waals surface area contributed by atoms with Gasteiger partial charge in [-0.1, -0.05) is 30.2 Å². The van der Waals surface area contributed by atoms with Crippen molar-refractivity contribution in [2.75, 3.05) is 13.1 Å². The summed E-state index contributed by atoms with van der Waals surface area (Å²) < 4.78 is 0. The third kappa shape index (κ3) is 6.40. The molecule has 5 heteroatoms. The van der Waals surface area contributed by atoms with E-state index in [2.05, 4.69) is 17.5 Å². The van der Waals surface area contributed by atoms with Crippen LogP contribution in [0.1, 0.15) is 37.0 Å². The quantitative estimate of drug-likeness (QED) is 0.686. The SMILES string of the molecule is O=C1C=CC=C(CCN(CCCCCc2cccs2)C(=O)O)C1. The third-order valence-corrected chi connectivity index (χ3v) is 4.86. The van der Waals surface area contributed by atoms with E-state index in [-0.39, 0.29) is 5.78 Å². The minimum Gasteiger partial charge on any atom is -0.465 e. The molecule has 23 heavy (non-hydrogen) atoms. The highest BCUT2D eigenvalue weighted by molar-refractivity contribution is 7.09. The Morgan fingerprint density at radius 3 is 2.78 bits per heavy atom. The van der Waals surface area contributed by atoms with Gasteiger partial charge in [0.1, 0.15) is 0 Å². The summed E-state index contributed by atoms with van der Waals surface area (Å²) in [6.45, 7) is 1.03. The van der Waals surface area contributed by atoms with Crippen LogP contribution in [-0.2, 0) is 11.2 Å². The first kappa shape index (κ1) is 17.5. The van der Waals surface area contributed by atoms with E-state index >= 15 is 0 Å². The van der Waals surface area contributed by atoms with Gasteiger partial charge >= 0.3 is 6.09 Å². The number of allylic oxidation sites excluding steroid dienone is 3. The van der Waals surface area contributed by atoms with Crippen LogP contribution in [0.3, 0.4) is 0 Å². The first-order valence-electron chi connectivity index (χ1n) is 8.04. The van der Waals surface area contributed by atoms with Gasteiger partial charge in [-0.05, 0) is 43.2 Å². The number of ketones is 1. The molecule has 124 valence electrons. The van der Waals surface area contributed by atoms with E-state index in [1.54, 1.807) is 23.5 Å². The van der Waals surface area contributed by atoms with Crippen LogP contribution in [0.2, 0.25) is 0 Å². The predicted octanol–water partition coefficient (Wildman–Crippen LogP) is 4.29. The summed E-state index contributed by atoms with van der Waals surface area (Å²) in [6, 6.07) is 4.20. The van der Waals surface area contributed by atoms with E-state index in [4.69, 9.17) is 0 Å². The largest absolute Gasteiger partial charge is 0.465 e. The zero-order chi connectivity index (χ0) is 16.5. The highest BCUT2D eigenvalue weighted by Gasteiger charge is 2.13. The van der Waals surface area contributed by atoms with E-state index in [0.29, 0.717) is 25.9 Å². The van der Waals surface area contributed by atoms with E-state index in [1.165, 1.54) is 9.78 Å². The molecule has 1 N–H and O–H groups in total. The summed E-state index contributed by atoms with van der Waals surface area (Å²) in [5, 5.41) is 11.4. The molecule has 1 aromatic heterocycles. The van der Waals surface area contributed by atoms with Gasteiger partial charge in [0, 0.05) is 24.4 Å². The Bertz CT molecular complexity index is 575. The second kappa shape index (κ2) is 9.30. The summed E-state index contributed by atoms with van der Waals surface area (Å²) in [5.41, 5.74) is 1.02. The molecule has 0 spiro atoms. The number of amides is 1. The van der Waals surface area contributed by atoms with Crippen LogP contribution in [-0.4, -0.2) is 35.0 Å². The van der Waals surface area contributed by atoms with E-state index < -0.39 is 6.09 Å². The Morgan fingerprint density at radius 1 is 1.22 bits per heavy atom. The summed E-state index contributed by atoms with van der Waals surface area (Å²) in [6.07, 6.45) is 9.50. The number of rotatable bonds is 9. The zero-order valence-electron chi connectivity index (χ0n) is 13.2. The summed E-state index contributed by atoms with van der Waals surface area (Å²) in [7, 11) is 0. The molecule has 0 fully saturated rings. The minimum absolute atomic E-state index is 0.0953. The molecule has 0 atom stereocenters. The van der Waals surface area contributed by atoms with Crippen molar-refractivity contribution in [3.05, 3.63) is 46.2 Å². The topological polar surface area (TPSA) is 57.6 Å². The number of carbonyl (C=O) groups excluding carboxylic acids is 1. The average molecular weight is 333 g/mol. The van der Waals surface area contributed by atoms with Crippen molar-refractivity contribution in [2.45, 2.75) is 38.5 Å². The molecule has 0 bridgehead atoms. The molecule has 0 radical (unpaired) electrons. The van der Waals surface area contributed by atoms with Crippen molar-refractivity contribution in [1.82, 2.24) is 4.90 Å². The number of hydrogen-bond acceptors (Lipinski definition) is 3. The molecule has 0 aromatic carbocycles. The third-order valence-electron chi connectivity index (χ3n) is 3.92. The summed E-state index contributed by atoms with van der Waals surface area (Å²) in [5.74, 6) is 0.0953. The highest BCUT2D eigenvalue weighted by atomic mass is 32.1. The maximum atomic E-state index is 11.3. The minimum atomic E-state index is -0.874. The molecule has 4 nitrogen and oxygen atoms in total. The number of hydrogen-bond donors (Lipinski definition) is 1. The van der Waals surface area contributed by atoms with Gasteiger partial charge in [0.2, 0.25) is 0 Å². The number of aryl methyl sites for hydroxylation is 1. The first-order chi connectivity index (χ1) is 11.1. The van der Waals surface area contributed by atoms with Crippen LogP contribution < -0.4 is 0 Å². The van der Waals surface area contributed by atoms with E-state index in [1.807, 2.05) is 6.08 Å². The molecular formula is C18H23NO3S. The van der Waals surface area contributed by atoms with Crippen molar-refractivity contribution >= 4 is 23.2 Å². The number of nitrogens with zero attached hydrogens (tertiary/aromatic N) is 1. The molecule has 1 aromatic rings. The van der Waals surface area contributed by atoms with Crippen molar-refractivity contribution < 1.29 is 14.7 Å². The fourth-order valence-electron chi connectivity index (χ4n) is 2.62. The lowest BCUT2D eigenvalue weighted by Gasteiger charge is -2.20. The predicted molar refractivity (Wildman–Crippen MR) is 92.9 cm³/mol. The lowest BCUT2D eigenvalue weighted by Crippen LogP contribution is -2.31. The lowest BCUT2D eigenvalue weighted by molar-refractivity contribution is -0.114. The molecule has 1 heterocycles. The van der Waals surface area contributed by atoms with Gasteiger partial charge in [0.15, 0.2) is 5.78 Å². The van der Waals surface area contributed by atoms with Crippen LogP contribution in [0, 0.1) is 0 Å². The maximum absolute atomic E-state index is 11.3. The van der Waals surface area contributed by atoms with E-state index in [9.17, 15) is 14.7 Å². The number of unbranched alkanes of at least 4 members (excludes halogenated alkanes) is 2. The lowest BCUT2D eigenvalue weighted by atomic mass is 10.0. The highest BCUT2D eigenvalue weighted by Crippen LogP contribution is 2.15. The van der Waals surface area contributed by atoms with Crippen LogP contribution in [0.25, 0.3) is 0 Å². The van der Waals surface area contributed by atoms with Gasteiger partial charge in [-0.2, -0.15) is 0 Å². The normalized spacial score (nSPS) is 13.9.